The van der Waals surface area contributed by atoms with Crippen LogP contribution in [0.5, 0.6) is 17.2 Å². The summed E-state index contributed by atoms with van der Waals surface area (Å²) in [5.41, 5.74) is 1.71. The summed E-state index contributed by atoms with van der Waals surface area (Å²) >= 11 is 0. The number of carboxylic acid groups (broad SMARTS) is 1. The molecule has 22 heavy (non-hydrogen) atoms. The average Bonchev–Trinajstić information content (AvgIpc) is 2.77. The van der Waals surface area contributed by atoms with E-state index >= 15 is 0 Å². The van der Waals surface area contributed by atoms with E-state index in [1.165, 1.54) is 0 Å². The Balaban J connectivity index is 1.94. The van der Waals surface area contributed by atoms with Crippen LogP contribution in [0.15, 0.2) is 42.5 Å². The quantitative estimate of drug-likeness (QED) is 0.940. The maximum Gasteiger partial charge on any atom is 0.341 e. The highest BCUT2D eigenvalue weighted by molar-refractivity contribution is 5.74. The second-order valence-electron chi connectivity index (χ2n) is 4.89. The number of fused-ring (bicyclic) bond motifs is 1. The van der Waals surface area contributed by atoms with E-state index in [4.69, 9.17) is 19.3 Å². The van der Waals surface area contributed by atoms with Gasteiger partial charge in [-0.15, -0.1) is 0 Å². The molecular weight excluding hydrogens is 284 g/mol. The van der Waals surface area contributed by atoms with Crippen molar-refractivity contribution < 1.29 is 24.1 Å². The normalized spacial score (nSPS) is 13.3. The summed E-state index contributed by atoms with van der Waals surface area (Å²) in [6, 6.07) is 13.0. The van der Waals surface area contributed by atoms with Crippen molar-refractivity contribution in [2.24, 2.45) is 0 Å². The first-order valence-electron chi connectivity index (χ1n) is 7.08. The highest BCUT2D eigenvalue weighted by Gasteiger charge is 2.13. The van der Waals surface area contributed by atoms with Crippen molar-refractivity contribution in [3.63, 3.8) is 0 Å². The largest absolute Gasteiger partial charge is 0.490 e. The topological polar surface area (TPSA) is 65.0 Å². The Labute approximate surface area is 128 Å². The lowest BCUT2D eigenvalue weighted by Crippen LogP contribution is -2.09. The van der Waals surface area contributed by atoms with Gasteiger partial charge in [-0.25, -0.2) is 4.79 Å². The van der Waals surface area contributed by atoms with E-state index in [0.29, 0.717) is 24.7 Å². The van der Waals surface area contributed by atoms with Crippen molar-refractivity contribution in [1.29, 1.82) is 0 Å². The first-order valence-corrected chi connectivity index (χ1v) is 7.08. The fourth-order valence-electron chi connectivity index (χ4n) is 2.30. The van der Waals surface area contributed by atoms with Crippen LogP contribution in [0.25, 0.3) is 11.1 Å². The van der Waals surface area contributed by atoms with Crippen molar-refractivity contribution in [3.8, 4) is 28.4 Å². The van der Waals surface area contributed by atoms with Gasteiger partial charge in [-0.3, -0.25) is 0 Å². The number of ether oxygens (including phenoxy) is 3. The van der Waals surface area contributed by atoms with Gasteiger partial charge in [0.1, 0.15) is 5.75 Å². The van der Waals surface area contributed by atoms with Crippen LogP contribution in [-0.2, 0) is 4.79 Å². The van der Waals surface area contributed by atoms with Crippen molar-refractivity contribution >= 4 is 5.97 Å². The van der Waals surface area contributed by atoms with Gasteiger partial charge < -0.3 is 19.3 Å². The van der Waals surface area contributed by atoms with E-state index in [-0.39, 0.29) is 6.61 Å². The second-order valence-corrected chi connectivity index (χ2v) is 4.89. The maximum atomic E-state index is 10.7. The number of para-hydroxylation sites is 1. The van der Waals surface area contributed by atoms with E-state index in [9.17, 15) is 4.79 Å². The first-order chi connectivity index (χ1) is 10.7. The van der Waals surface area contributed by atoms with Gasteiger partial charge in [0.25, 0.3) is 0 Å². The van der Waals surface area contributed by atoms with Crippen LogP contribution in [-0.4, -0.2) is 30.9 Å². The molecule has 0 amide bonds. The van der Waals surface area contributed by atoms with E-state index < -0.39 is 5.97 Å². The minimum atomic E-state index is -1.01. The van der Waals surface area contributed by atoms with Crippen LogP contribution in [0, 0.1) is 0 Å². The molecule has 2 aromatic carbocycles. The molecule has 0 aliphatic carbocycles. The molecule has 0 spiro atoms. The molecule has 5 nitrogen and oxygen atoms in total. The summed E-state index contributed by atoms with van der Waals surface area (Å²) in [4.78, 5) is 10.7. The molecule has 0 aromatic heterocycles. The monoisotopic (exact) mass is 300 g/mol. The molecule has 2 aromatic rings. The van der Waals surface area contributed by atoms with E-state index in [0.717, 1.165) is 23.3 Å². The summed E-state index contributed by atoms with van der Waals surface area (Å²) in [7, 11) is 0. The first kappa shape index (κ1) is 14.3. The molecule has 5 heteroatoms. The summed E-state index contributed by atoms with van der Waals surface area (Å²) in [5, 5.41) is 8.76. The van der Waals surface area contributed by atoms with Crippen LogP contribution in [0.2, 0.25) is 0 Å². The Kier molecular flexibility index (Phi) is 4.14. The molecule has 1 aliphatic rings. The molecule has 3 rings (SSSR count). The van der Waals surface area contributed by atoms with Crippen molar-refractivity contribution in [1.82, 2.24) is 0 Å². The number of carbonyl (C=O) groups is 1. The van der Waals surface area contributed by atoms with Crippen molar-refractivity contribution in [2.45, 2.75) is 6.42 Å². The van der Waals surface area contributed by atoms with Gasteiger partial charge in [-0.2, -0.15) is 0 Å². The van der Waals surface area contributed by atoms with Crippen molar-refractivity contribution in [3.05, 3.63) is 42.5 Å². The zero-order valence-electron chi connectivity index (χ0n) is 12.0. The lowest BCUT2D eigenvalue weighted by atomic mass is 10.0. The number of benzene rings is 2. The van der Waals surface area contributed by atoms with E-state index in [1.54, 1.807) is 6.07 Å². The van der Waals surface area contributed by atoms with Crippen LogP contribution in [0.1, 0.15) is 6.42 Å². The third-order valence-electron chi connectivity index (χ3n) is 3.30. The number of aliphatic carboxylic acids is 1. The van der Waals surface area contributed by atoms with Gasteiger partial charge in [-0.05, 0) is 23.8 Å². The summed E-state index contributed by atoms with van der Waals surface area (Å²) < 4.78 is 16.7. The Morgan fingerprint density at radius 1 is 1.09 bits per heavy atom. The smallest absolute Gasteiger partial charge is 0.341 e. The minimum Gasteiger partial charge on any atom is -0.490 e. The fraction of sp³-hybridized carbons (Fsp3) is 0.235. The minimum absolute atomic E-state index is 0.373. The molecule has 1 heterocycles. The highest BCUT2D eigenvalue weighted by atomic mass is 16.5. The Morgan fingerprint density at radius 3 is 2.68 bits per heavy atom. The lowest BCUT2D eigenvalue weighted by molar-refractivity contribution is -0.139. The molecule has 0 atom stereocenters. The molecule has 1 aliphatic heterocycles. The fourth-order valence-corrected chi connectivity index (χ4v) is 2.30. The third-order valence-corrected chi connectivity index (χ3v) is 3.30. The van der Waals surface area contributed by atoms with Gasteiger partial charge >= 0.3 is 5.97 Å². The zero-order chi connectivity index (χ0) is 15.4. The number of hydrogen-bond donors (Lipinski definition) is 1. The summed E-state index contributed by atoms with van der Waals surface area (Å²) in [5.74, 6) is 0.945. The Hall–Kier alpha value is -2.69. The second kappa shape index (κ2) is 6.39. The molecule has 0 unspecified atom stereocenters. The zero-order valence-corrected chi connectivity index (χ0v) is 12.0. The molecule has 0 radical (unpaired) electrons. The number of rotatable bonds is 4. The molecule has 0 saturated carbocycles. The predicted octanol–water partition coefficient (Wildman–Crippen LogP) is 2.98. The Bertz CT molecular complexity index is 680. The van der Waals surface area contributed by atoms with Gasteiger partial charge in [0.15, 0.2) is 18.1 Å². The molecule has 0 saturated heterocycles. The molecule has 114 valence electrons. The maximum absolute atomic E-state index is 10.7. The van der Waals surface area contributed by atoms with Crippen LogP contribution >= 0.6 is 0 Å². The summed E-state index contributed by atoms with van der Waals surface area (Å²) in [6.07, 6.45) is 0.850. The summed E-state index contributed by atoms with van der Waals surface area (Å²) in [6.45, 7) is 0.889. The molecule has 0 bridgehead atoms. The van der Waals surface area contributed by atoms with E-state index in [2.05, 4.69) is 0 Å². The van der Waals surface area contributed by atoms with Gasteiger partial charge in [0.2, 0.25) is 0 Å². The van der Waals surface area contributed by atoms with Crippen LogP contribution < -0.4 is 14.2 Å². The van der Waals surface area contributed by atoms with Gasteiger partial charge in [-0.1, -0.05) is 24.3 Å². The van der Waals surface area contributed by atoms with Gasteiger partial charge in [0, 0.05) is 12.0 Å². The molecular formula is C17H16O5. The average molecular weight is 300 g/mol. The third kappa shape index (κ3) is 3.14. The van der Waals surface area contributed by atoms with Crippen LogP contribution in [0.3, 0.4) is 0 Å². The van der Waals surface area contributed by atoms with Crippen molar-refractivity contribution in [2.75, 3.05) is 19.8 Å². The molecule has 0 fully saturated rings. The van der Waals surface area contributed by atoms with E-state index in [1.807, 2.05) is 36.4 Å². The number of hydrogen-bond acceptors (Lipinski definition) is 4. The predicted molar refractivity (Wildman–Crippen MR) is 80.6 cm³/mol. The number of carboxylic acids is 1. The molecule has 1 N–H and O–H groups in total. The van der Waals surface area contributed by atoms with Gasteiger partial charge in [0.05, 0.1) is 13.2 Å². The SMILES string of the molecule is O=C(O)COc1ccccc1-c1ccc2c(c1)OCCCO2. The lowest BCUT2D eigenvalue weighted by Gasteiger charge is -2.12. The Morgan fingerprint density at radius 2 is 1.86 bits per heavy atom. The standard InChI is InChI=1S/C17H16O5/c18-17(19)11-22-14-5-2-1-4-13(14)12-6-7-15-16(10-12)21-9-3-8-20-15/h1-2,4-7,10H,3,8-9,11H2,(H,18,19). The van der Waals surface area contributed by atoms with Crippen LogP contribution in [0.4, 0.5) is 0 Å². The highest BCUT2D eigenvalue weighted by Crippen LogP contribution is 2.37.